The van der Waals surface area contributed by atoms with Crippen LogP contribution in [-0.4, -0.2) is 92.7 Å². The van der Waals surface area contributed by atoms with Gasteiger partial charge in [-0.25, -0.2) is 4.79 Å². The van der Waals surface area contributed by atoms with E-state index in [1.807, 2.05) is 54.6 Å². The highest BCUT2D eigenvalue weighted by Crippen LogP contribution is 2.22. The summed E-state index contributed by atoms with van der Waals surface area (Å²) in [6.45, 7) is 1.46. The Labute approximate surface area is 319 Å². The van der Waals surface area contributed by atoms with E-state index in [0.29, 0.717) is 17.5 Å². The van der Waals surface area contributed by atoms with Gasteiger partial charge in [-0.1, -0.05) is 97.1 Å². The molecule has 4 aromatic rings. The van der Waals surface area contributed by atoms with Crippen molar-refractivity contribution in [3.05, 3.63) is 126 Å². The van der Waals surface area contributed by atoms with Crippen molar-refractivity contribution < 1.29 is 39.3 Å². The van der Waals surface area contributed by atoms with Crippen molar-refractivity contribution >= 4 is 29.6 Å². The van der Waals surface area contributed by atoms with Gasteiger partial charge in [-0.2, -0.15) is 0 Å². The highest BCUT2D eigenvalue weighted by Gasteiger charge is 2.41. The molecule has 6 atom stereocenters. The Hall–Kier alpha value is -6.05. The van der Waals surface area contributed by atoms with Crippen LogP contribution in [0.2, 0.25) is 0 Å². The predicted octanol–water partition coefficient (Wildman–Crippen LogP) is 2.33. The fourth-order valence-corrected chi connectivity index (χ4v) is 6.61. The SMILES string of the molecule is C[C@@H](O)[C@H](NC(=O)[C@H](Cc1ccc(O)cc1)NC(=O)[C@@H](N)Cc1ccc(-c2ccccc2)cc1)C(=O)N1CCC[C@H]1C(=O)N[C@@H](Cc1ccccc1)C(=O)O. The number of phenols is 1. The van der Waals surface area contributed by atoms with Crippen molar-refractivity contribution in [2.24, 2.45) is 5.73 Å². The number of aliphatic hydroxyl groups is 1. The van der Waals surface area contributed by atoms with Crippen LogP contribution in [0.3, 0.4) is 0 Å². The van der Waals surface area contributed by atoms with Gasteiger partial charge in [0.15, 0.2) is 0 Å². The molecule has 5 rings (SSSR count). The van der Waals surface area contributed by atoms with Gasteiger partial charge in [0.2, 0.25) is 23.6 Å². The maximum absolute atomic E-state index is 13.9. The zero-order chi connectivity index (χ0) is 39.5. The maximum atomic E-state index is 13.9. The van der Waals surface area contributed by atoms with Gasteiger partial charge in [0.1, 0.15) is 29.9 Å². The molecule has 4 amide bonds. The Morgan fingerprint density at radius 1 is 0.709 bits per heavy atom. The number of nitrogens with zero attached hydrogens (tertiary/aromatic N) is 1. The standard InChI is InChI=1S/C42H47N5O8/c1-26(48)37(41(53)47-22-8-13-36(47)40(52)45-35(42(54)55)25-27-9-4-2-5-10-27)46-39(51)34(24-29-16-20-32(49)21-17-29)44-38(50)33(43)23-28-14-18-31(19-15-28)30-11-6-3-7-12-30/h2-7,9-12,14-21,26,33-37,48-49H,8,13,22-25,43H2,1H3,(H,44,50)(H,45,52)(H,46,51)(H,54,55)/t26-,33+,34+,35+,36+,37+/m1/s1. The molecule has 288 valence electrons. The lowest BCUT2D eigenvalue weighted by molar-refractivity contribution is -0.146. The van der Waals surface area contributed by atoms with Gasteiger partial charge in [0, 0.05) is 19.4 Å². The predicted molar refractivity (Wildman–Crippen MR) is 205 cm³/mol. The van der Waals surface area contributed by atoms with Crippen LogP contribution < -0.4 is 21.7 Å². The zero-order valence-corrected chi connectivity index (χ0v) is 30.5. The second-order valence-corrected chi connectivity index (χ2v) is 13.8. The summed E-state index contributed by atoms with van der Waals surface area (Å²) in [5.74, 6) is -4.02. The molecule has 1 aliphatic heterocycles. The van der Waals surface area contributed by atoms with E-state index in [4.69, 9.17) is 5.73 Å². The topological polar surface area (TPSA) is 211 Å². The van der Waals surface area contributed by atoms with E-state index in [0.717, 1.165) is 16.7 Å². The molecule has 0 aromatic heterocycles. The molecule has 1 fully saturated rings. The van der Waals surface area contributed by atoms with Gasteiger partial charge in [0.25, 0.3) is 0 Å². The summed E-state index contributed by atoms with van der Waals surface area (Å²) in [4.78, 5) is 68.0. The highest BCUT2D eigenvalue weighted by atomic mass is 16.4. The molecular formula is C42H47N5O8. The van der Waals surface area contributed by atoms with Crippen molar-refractivity contribution in [2.45, 2.75) is 75.3 Å². The number of nitrogens with two attached hydrogens (primary N) is 1. The smallest absolute Gasteiger partial charge is 0.326 e. The number of aliphatic hydroxyl groups excluding tert-OH is 1. The number of carbonyl (C=O) groups is 5. The van der Waals surface area contributed by atoms with Crippen LogP contribution in [-0.2, 0) is 43.2 Å². The van der Waals surface area contributed by atoms with Gasteiger partial charge >= 0.3 is 5.97 Å². The minimum atomic E-state index is -1.50. The summed E-state index contributed by atoms with van der Waals surface area (Å²) < 4.78 is 0. The van der Waals surface area contributed by atoms with Crippen molar-refractivity contribution in [2.75, 3.05) is 6.54 Å². The Kier molecular flexibility index (Phi) is 13.7. The third-order valence-electron chi connectivity index (χ3n) is 9.64. The maximum Gasteiger partial charge on any atom is 0.326 e. The van der Waals surface area contributed by atoms with E-state index in [1.54, 1.807) is 42.5 Å². The number of carboxylic acids is 1. The average Bonchev–Trinajstić information content (AvgIpc) is 3.68. The molecule has 1 heterocycles. The minimum Gasteiger partial charge on any atom is -0.508 e. The molecule has 8 N–H and O–H groups in total. The van der Waals surface area contributed by atoms with E-state index in [9.17, 15) is 39.3 Å². The molecule has 0 saturated carbocycles. The summed E-state index contributed by atoms with van der Waals surface area (Å²) in [6, 6.07) is 26.3. The molecule has 0 bridgehead atoms. The largest absolute Gasteiger partial charge is 0.508 e. The summed E-state index contributed by atoms with van der Waals surface area (Å²) in [5, 5.41) is 38.2. The molecule has 0 unspecified atom stereocenters. The lowest BCUT2D eigenvalue weighted by Crippen LogP contribution is -2.61. The lowest BCUT2D eigenvalue weighted by Gasteiger charge is -2.31. The van der Waals surface area contributed by atoms with E-state index in [2.05, 4.69) is 16.0 Å². The molecule has 13 nitrogen and oxygen atoms in total. The number of nitrogens with one attached hydrogen (secondary N) is 3. The van der Waals surface area contributed by atoms with Crippen LogP contribution in [0, 0.1) is 0 Å². The first-order chi connectivity index (χ1) is 26.4. The van der Waals surface area contributed by atoms with E-state index < -0.39 is 65.9 Å². The van der Waals surface area contributed by atoms with E-state index in [1.165, 1.54) is 24.0 Å². The summed E-state index contributed by atoms with van der Waals surface area (Å²) in [5.41, 5.74) is 10.5. The molecule has 13 heteroatoms. The first-order valence-corrected chi connectivity index (χ1v) is 18.2. The van der Waals surface area contributed by atoms with Gasteiger partial charge in [-0.05, 0) is 66.1 Å². The molecule has 0 aliphatic carbocycles. The normalized spacial score (nSPS) is 16.6. The number of aliphatic carboxylic acids is 1. The fourth-order valence-electron chi connectivity index (χ4n) is 6.61. The van der Waals surface area contributed by atoms with Crippen molar-refractivity contribution in [3.63, 3.8) is 0 Å². The Morgan fingerprint density at radius 3 is 1.87 bits per heavy atom. The Morgan fingerprint density at radius 2 is 1.25 bits per heavy atom. The van der Waals surface area contributed by atoms with Gasteiger partial charge in [-0.3, -0.25) is 19.2 Å². The van der Waals surface area contributed by atoms with Gasteiger partial charge in [0.05, 0.1) is 12.1 Å². The van der Waals surface area contributed by atoms with Crippen molar-refractivity contribution in [1.29, 1.82) is 0 Å². The van der Waals surface area contributed by atoms with Crippen LogP contribution in [0.1, 0.15) is 36.5 Å². The van der Waals surface area contributed by atoms with Crippen molar-refractivity contribution in [3.8, 4) is 16.9 Å². The molecule has 55 heavy (non-hydrogen) atoms. The van der Waals surface area contributed by atoms with Crippen LogP contribution >= 0.6 is 0 Å². The number of carboxylic acid groups (broad SMARTS) is 1. The quantitative estimate of drug-likeness (QED) is 0.0895. The van der Waals surface area contributed by atoms with Crippen LogP contribution in [0.5, 0.6) is 5.75 Å². The molecule has 1 aliphatic rings. The van der Waals surface area contributed by atoms with E-state index in [-0.39, 0.29) is 38.0 Å². The number of rotatable bonds is 16. The van der Waals surface area contributed by atoms with Gasteiger partial charge in [-0.15, -0.1) is 0 Å². The number of phenolic OH excluding ortho intramolecular Hbond substituents is 1. The first-order valence-electron chi connectivity index (χ1n) is 18.2. The molecule has 0 spiro atoms. The Bertz CT molecular complexity index is 1920. The second kappa shape index (κ2) is 18.8. The fraction of sp³-hybridized carbons (Fsp3) is 0.310. The number of benzene rings is 4. The average molecular weight is 750 g/mol. The number of aromatic hydroxyl groups is 1. The van der Waals surface area contributed by atoms with E-state index >= 15 is 0 Å². The van der Waals surface area contributed by atoms with Crippen molar-refractivity contribution in [1.82, 2.24) is 20.9 Å². The number of carbonyl (C=O) groups excluding carboxylic acids is 4. The highest BCUT2D eigenvalue weighted by molar-refractivity contribution is 5.96. The second-order valence-electron chi connectivity index (χ2n) is 13.8. The number of amides is 4. The molecule has 1 saturated heterocycles. The minimum absolute atomic E-state index is 0.00723. The first kappa shape index (κ1) is 40.1. The third-order valence-corrected chi connectivity index (χ3v) is 9.64. The lowest BCUT2D eigenvalue weighted by atomic mass is 10.00. The summed E-state index contributed by atoms with van der Waals surface area (Å²) in [7, 11) is 0. The number of hydrogen-bond acceptors (Lipinski definition) is 8. The molecule has 4 aromatic carbocycles. The van der Waals surface area contributed by atoms with Crippen LogP contribution in [0.15, 0.2) is 109 Å². The van der Waals surface area contributed by atoms with Gasteiger partial charge < -0.3 is 41.9 Å². The monoisotopic (exact) mass is 749 g/mol. The van der Waals surface area contributed by atoms with Crippen LogP contribution in [0.25, 0.3) is 11.1 Å². The molecule has 0 radical (unpaired) electrons. The number of hydrogen-bond donors (Lipinski definition) is 7. The third kappa shape index (κ3) is 11.0. The molecular weight excluding hydrogens is 702 g/mol. The summed E-state index contributed by atoms with van der Waals surface area (Å²) >= 11 is 0. The summed E-state index contributed by atoms with van der Waals surface area (Å²) in [6.07, 6.45) is -0.543. The Balaban J connectivity index is 1.27. The number of likely N-dealkylation sites (tertiary alicyclic amines) is 1. The van der Waals surface area contributed by atoms with Crippen LogP contribution in [0.4, 0.5) is 0 Å². The zero-order valence-electron chi connectivity index (χ0n) is 30.5.